The smallest absolute Gasteiger partial charge is 0.296 e. The molecule has 0 spiro atoms. The van der Waals surface area contributed by atoms with Crippen LogP contribution in [0.5, 0.6) is 0 Å². The van der Waals surface area contributed by atoms with Gasteiger partial charge in [-0.3, -0.25) is 14.3 Å². The van der Waals surface area contributed by atoms with Crippen molar-refractivity contribution in [3.8, 4) is 6.07 Å². The van der Waals surface area contributed by atoms with Gasteiger partial charge in [-0.05, 0) is 32.0 Å². The minimum Gasteiger partial charge on any atom is -0.319 e. The maximum atomic E-state index is 12.3. The van der Waals surface area contributed by atoms with Crippen LogP contribution in [0, 0.1) is 25.2 Å². The number of nitrogens with zero attached hydrogens (tertiary/aromatic N) is 3. The Morgan fingerprint density at radius 2 is 2.05 bits per heavy atom. The maximum Gasteiger partial charge on any atom is 0.296 e. The van der Waals surface area contributed by atoms with Crippen LogP contribution in [0.2, 0.25) is 5.02 Å². The van der Waals surface area contributed by atoms with E-state index in [2.05, 4.69) is 10.4 Å². The number of aryl methyl sites for hydroxylation is 2. The summed E-state index contributed by atoms with van der Waals surface area (Å²) in [6.07, 6.45) is 0. The van der Waals surface area contributed by atoms with Gasteiger partial charge in [-0.15, -0.1) is 0 Å². The van der Waals surface area contributed by atoms with Crippen LogP contribution in [-0.2, 0) is 11.8 Å². The van der Waals surface area contributed by atoms with Crippen LogP contribution >= 0.6 is 11.6 Å². The largest absolute Gasteiger partial charge is 0.319 e. The maximum absolute atomic E-state index is 12.3. The number of halogens is 1. The van der Waals surface area contributed by atoms with Crippen molar-refractivity contribution in [2.75, 3.05) is 5.32 Å². The van der Waals surface area contributed by atoms with E-state index >= 15 is 0 Å². The SMILES string of the molecule is Cc1nn(C)c(C)c1C(=O)C(=O)Nc1ccc(C#N)c(Cl)c1. The zero-order chi connectivity index (χ0) is 16.4. The van der Waals surface area contributed by atoms with Crippen molar-refractivity contribution in [1.29, 1.82) is 5.26 Å². The predicted molar refractivity (Wildman–Crippen MR) is 81.8 cm³/mol. The average molecular weight is 317 g/mol. The number of carbonyl (C=O) groups is 2. The molecule has 0 atom stereocenters. The second-order valence-corrected chi connectivity index (χ2v) is 5.17. The molecule has 1 aromatic heterocycles. The Labute approximate surface area is 132 Å². The summed E-state index contributed by atoms with van der Waals surface area (Å²) in [6.45, 7) is 3.39. The van der Waals surface area contributed by atoms with Crippen molar-refractivity contribution in [3.05, 3.63) is 45.7 Å². The molecule has 2 aromatic rings. The zero-order valence-electron chi connectivity index (χ0n) is 12.3. The van der Waals surface area contributed by atoms with E-state index in [1.807, 2.05) is 6.07 Å². The molecule has 22 heavy (non-hydrogen) atoms. The fourth-order valence-electron chi connectivity index (χ4n) is 2.09. The summed E-state index contributed by atoms with van der Waals surface area (Å²) in [6, 6.07) is 6.33. The van der Waals surface area contributed by atoms with E-state index in [0.717, 1.165) is 0 Å². The normalized spacial score (nSPS) is 10.1. The van der Waals surface area contributed by atoms with Gasteiger partial charge in [0, 0.05) is 18.4 Å². The van der Waals surface area contributed by atoms with E-state index in [0.29, 0.717) is 28.2 Å². The van der Waals surface area contributed by atoms with Crippen molar-refractivity contribution in [1.82, 2.24) is 9.78 Å². The number of nitriles is 1. The van der Waals surface area contributed by atoms with Gasteiger partial charge in [0.15, 0.2) is 0 Å². The first-order valence-electron chi connectivity index (χ1n) is 6.40. The minimum absolute atomic E-state index is 0.210. The Bertz CT molecular complexity index is 818. The summed E-state index contributed by atoms with van der Waals surface area (Å²) >= 11 is 5.89. The molecule has 0 aliphatic carbocycles. The lowest BCUT2D eigenvalue weighted by Gasteiger charge is -2.06. The molecular formula is C15H13ClN4O2. The minimum atomic E-state index is -0.778. The molecule has 1 aromatic carbocycles. The summed E-state index contributed by atoms with van der Waals surface area (Å²) in [4.78, 5) is 24.3. The Kier molecular flexibility index (Phi) is 4.29. The van der Waals surface area contributed by atoms with Crippen LogP contribution in [0.15, 0.2) is 18.2 Å². The fourth-order valence-corrected chi connectivity index (χ4v) is 2.31. The van der Waals surface area contributed by atoms with Gasteiger partial charge in [0.2, 0.25) is 0 Å². The lowest BCUT2D eigenvalue weighted by Crippen LogP contribution is -2.24. The van der Waals surface area contributed by atoms with Crippen LogP contribution in [0.1, 0.15) is 27.3 Å². The highest BCUT2D eigenvalue weighted by Crippen LogP contribution is 2.21. The summed E-state index contributed by atoms with van der Waals surface area (Å²) in [5.41, 5.74) is 2.06. The molecule has 0 bridgehead atoms. The van der Waals surface area contributed by atoms with Crippen molar-refractivity contribution in [2.45, 2.75) is 13.8 Å². The highest BCUT2D eigenvalue weighted by atomic mass is 35.5. The number of benzene rings is 1. The number of ketones is 1. The van der Waals surface area contributed by atoms with Gasteiger partial charge >= 0.3 is 0 Å². The Morgan fingerprint density at radius 1 is 1.36 bits per heavy atom. The number of nitrogens with one attached hydrogen (secondary N) is 1. The molecule has 7 heteroatoms. The third kappa shape index (κ3) is 2.85. The number of hydrogen-bond donors (Lipinski definition) is 1. The zero-order valence-corrected chi connectivity index (χ0v) is 13.0. The summed E-state index contributed by atoms with van der Waals surface area (Å²) in [5.74, 6) is -1.44. The number of anilines is 1. The molecule has 0 saturated heterocycles. The fraction of sp³-hybridized carbons (Fsp3) is 0.200. The van der Waals surface area contributed by atoms with Gasteiger partial charge in [0.25, 0.3) is 11.7 Å². The monoisotopic (exact) mass is 316 g/mol. The third-order valence-corrected chi connectivity index (χ3v) is 3.60. The van der Waals surface area contributed by atoms with Gasteiger partial charge < -0.3 is 5.32 Å². The average Bonchev–Trinajstić information content (AvgIpc) is 2.71. The van der Waals surface area contributed by atoms with Gasteiger partial charge in [0.1, 0.15) is 6.07 Å². The molecule has 0 aliphatic rings. The first-order valence-corrected chi connectivity index (χ1v) is 6.78. The Balaban J connectivity index is 2.24. The van der Waals surface area contributed by atoms with Gasteiger partial charge in [0.05, 0.1) is 21.8 Å². The lowest BCUT2D eigenvalue weighted by atomic mass is 10.1. The molecule has 0 unspecified atom stereocenters. The molecule has 0 fully saturated rings. The van der Waals surface area contributed by atoms with Crippen LogP contribution < -0.4 is 5.32 Å². The second kappa shape index (κ2) is 6.00. The van der Waals surface area contributed by atoms with E-state index in [4.69, 9.17) is 16.9 Å². The molecule has 112 valence electrons. The van der Waals surface area contributed by atoms with Crippen molar-refractivity contribution < 1.29 is 9.59 Å². The molecule has 2 rings (SSSR count). The molecule has 1 N–H and O–H groups in total. The number of rotatable bonds is 3. The second-order valence-electron chi connectivity index (χ2n) is 4.76. The van der Waals surface area contributed by atoms with Gasteiger partial charge in [-0.1, -0.05) is 11.6 Å². The highest BCUT2D eigenvalue weighted by molar-refractivity contribution is 6.47. The quantitative estimate of drug-likeness (QED) is 0.695. The molecule has 0 saturated carbocycles. The Morgan fingerprint density at radius 3 is 2.55 bits per heavy atom. The van der Waals surface area contributed by atoms with Crippen LogP contribution in [0.3, 0.4) is 0 Å². The predicted octanol–water partition coefficient (Wildman–Crippen LogP) is 2.38. The van der Waals surface area contributed by atoms with Gasteiger partial charge in [-0.25, -0.2) is 0 Å². The number of hydrogen-bond acceptors (Lipinski definition) is 4. The Hall–Kier alpha value is -2.65. The topological polar surface area (TPSA) is 87.8 Å². The van der Waals surface area contributed by atoms with Crippen molar-refractivity contribution >= 4 is 29.0 Å². The highest BCUT2D eigenvalue weighted by Gasteiger charge is 2.24. The summed E-state index contributed by atoms with van der Waals surface area (Å²) < 4.78 is 1.55. The van der Waals surface area contributed by atoms with Crippen LogP contribution in [-0.4, -0.2) is 21.5 Å². The molecule has 0 aliphatic heterocycles. The van der Waals surface area contributed by atoms with Gasteiger partial charge in [-0.2, -0.15) is 10.4 Å². The van der Waals surface area contributed by atoms with Crippen LogP contribution in [0.25, 0.3) is 0 Å². The molecule has 1 amide bonds. The van der Waals surface area contributed by atoms with E-state index < -0.39 is 11.7 Å². The van der Waals surface area contributed by atoms with Crippen molar-refractivity contribution in [3.63, 3.8) is 0 Å². The molecule has 6 nitrogen and oxygen atoms in total. The van der Waals surface area contributed by atoms with E-state index in [1.165, 1.54) is 18.2 Å². The first kappa shape index (κ1) is 15.7. The van der Waals surface area contributed by atoms with Crippen LogP contribution in [0.4, 0.5) is 5.69 Å². The van der Waals surface area contributed by atoms with E-state index in [1.54, 1.807) is 25.6 Å². The molecule has 1 heterocycles. The summed E-state index contributed by atoms with van der Waals surface area (Å²) in [5, 5.41) is 15.6. The summed E-state index contributed by atoms with van der Waals surface area (Å²) in [7, 11) is 1.71. The lowest BCUT2D eigenvalue weighted by molar-refractivity contribution is -0.112. The molecule has 0 radical (unpaired) electrons. The number of aromatic nitrogens is 2. The van der Waals surface area contributed by atoms with E-state index in [9.17, 15) is 9.59 Å². The first-order chi connectivity index (χ1) is 10.3. The van der Waals surface area contributed by atoms with E-state index in [-0.39, 0.29) is 5.02 Å². The van der Waals surface area contributed by atoms with Crippen molar-refractivity contribution in [2.24, 2.45) is 7.05 Å². The standard InChI is InChI=1S/C15H13ClN4O2/c1-8-13(9(2)20(3)19-8)14(21)15(22)18-11-5-4-10(7-17)12(16)6-11/h4-6H,1-3H3,(H,18,22). The molecular weight excluding hydrogens is 304 g/mol. The number of carbonyl (C=O) groups excluding carboxylic acids is 2. The third-order valence-electron chi connectivity index (χ3n) is 3.29. The number of amides is 1. The number of Topliss-reactive ketones (excluding diaryl/α,β-unsaturated/α-hetero) is 1.